The first kappa shape index (κ1) is 25.4. The van der Waals surface area contributed by atoms with E-state index in [1.807, 2.05) is 37.5 Å². The molecule has 1 aliphatic heterocycles. The second-order valence-electron chi connectivity index (χ2n) is 10.0. The largest absolute Gasteiger partial charge is 0.448 e. The monoisotopic (exact) mass is 512 g/mol. The third-order valence-electron chi connectivity index (χ3n) is 7.15. The van der Waals surface area contributed by atoms with E-state index in [1.54, 1.807) is 19.0 Å². The summed E-state index contributed by atoms with van der Waals surface area (Å²) in [6.07, 6.45) is 3.90. The SMILES string of the molecule is Cc1cc(-c2c[nH]c3ncc(-c4cc(C)c5c(c4)CCN(CCOC(N)=O)C5)nc23)ccc1C(=O)N(C)C. The Kier molecular flexibility index (Phi) is 6.86. The summed E-state index contributed by atoms with van der Waals surface area (Å²) in [4.78, 5) is 40.1. The van der Waals surface area contributed by atoms with Crippen molar-refractivity contribution in [2.24, 2.45) is 5.73 Å². The number of primary amides is 1. The van der Waals surface area contributed by atoms with Crippen LogP contribution in [0.4, 0.5) is 4.79 Å². The van der Waals surface area contributed by atoms with Crippen molar-refractivity contribution in [2.75, 3.05) is 33.8 Å². The number of aromatic nitrogens is 3. The molecule has 0 radical (unpaired) electrons. The standard InChI is InChI=1S/C29H32N6O3/c1-17-11-19(5-6-22(17)28(36)34(3)4)23-14-31-27-26(23)33-25(15-32-27)21-12-18(2)24-16-35(8-7-20(24)13-21)9-10-38-29(30)37/h5-6,11-15H,7-10,16H2,1-4H3,(H2,30,37)(H,31,32). The number of rotatable bonds is 6. The lowest BCUT2D eigenvalue weighted by atomic mass is 9.92. The number of nitrogens with two attached hydrogens (primary N) is 1. The van der Waals surface area contributed by atoms with Crippen molar-refractivity contribution in [3.8, 4) is 22.4 Å². The number of fused-ring (bicyclic) bond motifs is 2. The summed E-state index contributed by atoms with van der Waals surface area (Å²) in [6, 6.07) is 10.2. The minimum absolute atomic E-state index is 0.0139. The summed E-state index contributed by atoms with van der Waals surface area (Å²) in [5.41, 5.74) is 15.8. The van der Waals surface area contributed by atoms with Crippen LogP contribution in [0.15, 0.2) is 42.7 Å². The van der Waals surface area contributed by atoms with Crippen LogP contribution in [0.3, 0.4) is 0 Å². The number of H-pyrrole nitrogens is 1. The van der Waals surface area contributed by atoms with Crippen molar-refractivity contribution in [3.05, 3.63) is 70.5 Å². The van der Waals surface area contributed by atoms with Gasteiger partial charge in [0.1, 0.15) is 12.1 Å². The van der Waals surface area contributed by atoms with E-state index in [0.29, 0.717) is 18.7 Å². The Labute approximate surface area is 221 Å². The van der Waals surface area contributed by atoms with Crippen LogP contribution >= 0.6 is 0 Å². The molecule has 9 heteroatoms. The molecule has 3 N–H and O–H groups in total. The van der Waals surface area contributed by atoms with Gasteiger partial charge in [-0.15, -0.1) is 0 Å². The molecule has 196 valence electrons. The minimum Gasteiger partial charge on any atom is -0.448 e. The summed E-state index contributed by atoms with van der Waals surface area (Å²) < 4.78 is 4.90. The third-order valence-corrected chi connectivity index (χ3v) is 7.15. The zero-order chi connectivity index (χ0) is 27.0. The Balaban J connectivity index is 1.44. The Morgan fingerprint density at radius 3 is 2.66 bits per heavy atom. The molecule has 4 aromatic rings. The number of nitrogens with one attached hydrogen (secondary N) is 1. The average molecular weight is 513 g/mol. The van der Waals surface area contributed by atoms with Crippen molar-refractivity contribution in [2.45, 2.75) is 26.8 Å². The van der Waals surface area contributed by atoms with Gasteiger partial charge in [-0.1, -0.05) is 12.1 Å². The second kappa shape index (κ2) is 10.3. The molecule has 9 nitrogen and oxygen atoms in total. The molecule has 0 atom stereocenters. The fourth-order valence-electron chi connectivity index (χ4n) is 5.10. The van der Waals surface area contributed by atoms with Gasteiger partial charge in [0.25, 0.3) is 5.91 Å². The molecule has 0 bridgehead atoms. The molecule has 0 fully saturated rings. The van der Waals surface area contributed by atoms with Gasteiger partial charge in [0.05, 0.1) is 11.9 Å². The summed E-state index contributed by atoms with van der Waals surface area (Å²) in [5.74, 6) is -0.0139. The highest BCUT2D eigenvalue weighted by Gasteiger charge is 2.20. The normalized spacial score (nSPS) is 13.4. The average Bonchev–Trinajstić information content (AvgIpc) is 3.31. The summed E-state index contributed by atoms with van der Waals surface area (Å²) in [7, 11) is 3.51. The Morgan fingerprint density at radius 1 is 1.13 bits per heavy atom. The Morgan fingerprint density at radius 2 is 1.92 bits per heavy atom. The number of hydrogen-bond acceptors (Lipinski definition) is 6. The van der Waals surface area contributed by atoms with Crippen LogP contribution in [-0.4, -0.2) is 70.5 Å². The quantitative estimate of drug-likeness (QED) is 0.402. The van der Waals surface area contributed by atoms with Crippen LogP contribution in [0.25, 0.3) is 33.5 Å². The lowest BCUT2D eigenvalue weighted by Crippen LogP contribution is -2.34. The fourth-order valence-corrected chi connectivity index (χ4v) is 5.10. The van der Waals surface area contributed by atoms with Gasteiger partial charge < -0.3 is 20.4 Å². The number of benzene rings is 2. The smallest absolute Gasteiger partial charge is 0.404 e. The maximum Gasteiger partial charge on any atom is 0.404 e. The van der Waals surface area contributed by atoms with Crippen LogP contribution in [-0.2, 0) is 17.7 Å². The lowest BCUT2D eigenvalue weighted by molar-refractivity contribution is 0.0827. The van der Waals surface area contributed by atoms with E-state index >= 15 is 0 Å². The van der Waals surface area contributed by atoms with Gasteiger partial charge >= 0.3 is 6.09 Å². The minimum atomic E-state index is -0.738. The fraction of sp³-hybridized carbons (Fsp3) is 0.310. The van der Waals surface area contributed by atoms with Gasteiger partial charge in [-0.05, 0) is 66.3 Å². The third kappa shape index (κ3) is 4.97. The molecule has 2 amide bonds. The van der Waals surface area contributed by atoms with Gasteiger partial charge in [0.2, 0.25) is 0 Å². The highest BCUT2D eigenvalue weighted by molar-refractivity contribution is 5.97. The van der Waals surface area contributed by atoms with Gasteiger partial charge in [0, 0.05) is 56.6 Å². The molecular formula is C29H32N6O3. The van der Waals surface area contributed by atoms with Gasteiger partial charge in [-0.25, -0.2) is 14.8 Å². The van der Waals surface area contributed by atoms with E-state index < -0.39 is 6.09 Å². The van der Waals surface area contributed by atoms with Crippen LogP contribution in [0.5, 0.6) is 0 Å². The highest BCUT2D eigenvalue weighted by Crippen LogP contribution is 2.32. The van der Waals surface area contributed by atoms with E-state index in [0.717, 1.165) is 58.6 Å². The van der Waals surface area contributed by atoms with Crippen molar-refractivity contribution in [3.63, 3.8) is 0 Å². The molecular weight excluding hydrogens is 480 g/mol. The molecule has 0 unspecified atom stereocenters. The number of aryl methyl sites for hydroxylation is 2. The van der Waals surface area contributed by atoms with Crippen molar-refractivity contribution < 1.29 is 14.3 Å². The summed E-state index contributed by atoms with van der Waals surface area (Å²) in [6.45, 7) is 6.72. The Bertz CT molecular complexity index is 1540. The molecule has 3 heterocycles. The van der Waals surface area contributed by atoms with Crippen LogP contribution < -0.4 is 5.73 Å². The van der Waals surface area contributed by atoms with E-state index in [-0.39, 0.29) is 5.91 Å². The number of amides is 2. The first-order valence-electron chi connectivity index (χ1n) is 12.7. The number of ether oxygens (including phenoxy) is 1. The molecule has 0 saturated carbocycles. The van der Waals surface area contributed by atoms with Crippen LogP contribution in [0, 0.1) is 13.8 Å². The number of aromatic amines is 1. The van der Waals surface area contributed by atoms with Crippen LogP contribution in [0.2, 0.25) is 0 Å². The highest BCUT2D eigenvalue weighted by atomic mass is 16.5. The molecule has 2 aromatic heterocycles. The summed E-state index contributed by atoms with van der Waals surface area (Å²) >= 11 is 0. The van der Waals surface area contributed by atoms with E-state index in [2.05, 4.69) is 33.9 Å². The van der Waals surface area contributed by atoms with Crippen molar-refractivity contribution in [1.82, 2.24) is 24.8 Å². The molecule has 38 heavy (non-hydrogen) atoms. The van der Waals surface area contributed by atoms with Crippen LogP contribution in [0.1, 0.15) is 32.6 Å². The first-order valence-corrected chi connectivity index (χ1v) is 12.7. The molecule has 0 saturated heterocycles. The van der Waals surface area contributed by atoms with Crippen molar-refractivity contribution in [1.29, 1.82) is 0 Å². The zero-order valence-electron chi connectivity index (χ0n) is 22.2. The number of hydrogen-bond donors (Lipinski definition) is 2. The molecule has 0 aliphatic carbocycles. The number of carbonyl (C=O) groups excluding carboxylic acids is 2. The van der Waals surface area contributed by atoms with E-state index in [1.165, 1.54) is 16.7 Å². The molecule has 0 spiro atoms. The van der Waals surface area contributed by atoms with E-state index in [9.17, 15) is 9.59 Å². The van der Waals surface area contributed by atoms with Gasteiger partial charge in [-0.3, -0.25) is 9.69 Å². The summed E-state index contributed by atoms with van der Waals surface area (Å²) in [5, 5.41) is 0. The van der Waals surface area contributed by atoms with Gasteiger partial charge in [-0.2, -0.15) is 0 Å². The maximum absolute atomic E-state index is 12.5. The molecule has 2 aromatic carbocycles. The zero-order valence-corrected chi connectivity index (χ0v) is 22.2. The second-order valence-corrected chi connectivity index (χ2v) is 10.0. The number of nitrogens with zero attached hydrogens (tertiary/aromatic N) is 4. The first-order chi connectivity index (χ1) is 18.2. The Hall–Kier alpha value is -4.24. The predicted molar refractivity (Wildman–Crippen MR) is 147 cm³/mol. The maximum atomic E-state index is 12.5. The molecule has 5 rings (SSSR count). The molecule has 1 aliphatic rings. The van der Waals surface area contributed by atoms with E-state index in [4.69, 9.17) is 15.5 Å². The van der Waals surface area contributed by atoms with Crippen molar-refractivity contribution >= 4 is 23.2 Å². The topological polar surface area (TPSA) is 117 Å². The van der Waals surface area contributed by atoms with Gasteiger partial charge in [0.15, 0.2) is 5.65 Å². The number of carbonyl (C=O) groups is 2. The predicted octanol–water partition coefficient (Wildman–Crippen LogP) is 4.06. The lowest BCUT2D eigenvalue weighted by Gasteiger charge is -2.30.